The van der Waals surface area contributed by atoms with Crippen molar-refractivity contribution in [2.75, 3.05) is 32.8 Å². The zero-order valence-electron chi connectivity index (χ0n) is 17.6. The van der Waals surface area contributed by atoms with Gasteiger partial charge in [-0.2, -0.15) is 0 Å². The van der Waals surface area contributed by atoms with E-state index in [1.807, 2.05) is 6.07 Å². The number of fused-ring (bicyclic) bond motifs is 1. The largest absolute Gasteiger partial charge is 0.447 e. The van der Waals surface area contributed by atoms with Gasteiger partial charge in [0.25, 0.3) is 0 Å². The predicted molar refractivity (Wildman–Crippen MR) is 117 cm³/mol. The van der Waals surface area contributed by atoms with Crippen LogP contribution in [0, 0.1) is 5.92 Å². The van der Waals surface area contributed by atoms with Crippen molar-refractivity contribution >= 4 is 6.09 Å². The van der Waals surface area contributed by atoms with Gasteiger partial charge in [0, 0.05) is 32.7 Å². The number of rotatable bonds is 6. The van der Waals surface area contributed by atoms with E-state index >= 15 is 0 Å². The SMILES string of the molecule is O=C(OCC(O)CN1CCc2ccccc2C1)N1CCC(Cc2ccccc2)CC1. The number of hydrogen-bond acceptors (Lipinski definition) is 4. The lowest BCUT2D eigenvalue weighted by Crippen LogP contribution is -2.42. The molecule has 1 amide bonds. The molecule has 2 aliphatic rings. The lowest BCUT2D eigenvalue weighted by Gasteiger charge is -2.32. The number of carbonyl (C=O) groups is 1. The molecule has 1 saturated heterocycles. The van der Waals surface area contributed by atoms with Crippen molar-refractivity contribution < 1.29 is 14.6 Å². The maximum absolute atomic E-state index is 12.4. The number of β-amino-alcohol motifs (C(OH)–C–C–N with tert-alkyl or cyclic N) is 1. The second-order valence-corrected chi connectivity index (χ2v) is 8.60. The molecule has 0 spiro atoms. The molecule has 1 fully saturated rings. The minimum absolute atomic E-state index is 0.0565. The topological polar surface area (TPSA) is 53.0 Å². The number of piperidine rings is 1. The number of ether oxygens (including phenoxy) is 1. The Morgan fingerprint density at radius 2 is 1.70 bits per heavy atom. The molecular formula is C25H32N2O3. The first-order chi connectivity index (χ1) is 14.7. The van der Waals surface area contributed by atoms with Gasteiger partial charge >= 0.3 is 6.09 Å². The normalized spacial score (nSPS) is 18.6. The van der Waals surface area contributed by atoms with E-state index < -0.39 is 6.10 Å². The molecule has 0 bridgehead atoms. The van der Waals surface area contributed by atoms with Crippen LogP contribution in [0.5, 0.6) is 0 Å². The Balaban J connectivity index is 1.15. The molecule has 4 rings (SSSR count). The van der Waals surface area contributed by atoms with Gasteiger partial charge in [0.15, 0.2) is 0 Å². The van der Waals surface area contributed by atoms with E-state index in [2.05, 4.69) is 53.4 Å². The molecule has 1 unspecified atom stereocenters. The average molecular weight is 409 g/mol. The lowest BCUT2D eigenvalue weighted by molar-refractivity contribution is 0.0232. The van der Waals surface area contributed by atoms with E-state index in [1.54, 1.807) is 4.90 Å². The Hall–Kier alpha value is -2.37. The highest BCUT2D eigenvalue weighted by atomic mass is 16.6. The fourth-order valence-electron chi connectivity index (χ4n) is 4.59. The molecule has 2 aromatic rings. The second kappa shape index (κ2) is 10.1. The Labute approximate surface area is 179 Å². The summed E-state index contributed by atoms with van der Waals surface area (Å²) < 4.78 is 5.42. The van der Waals surface area contributed by atoms with Gasteiger partial charge in [0.05, 0.1) is 0 Å². The van der Waals surface area contributed by atoms with E-state index in [1.165, 1.54) is 16.7 Å². The number of nitrogens with zero attached hydrogens (tertiary/aromatic N) is 2. The minimum atomic E-state index is -0.658. The quantitative estimate of drug-likeness (QED) is 0.795. The van der Waals surface area contributed by atoms with Crippen molar-refractivity contribution in [2.24, 2.45) is 5.92 Å². The van der Waals surface area contributed by atoms with Gasteiger partial charge in [-0.25, -0.2) is 4.79 Å². The molecule has 0 saturated carbocycles. The minimum Gasteiger partial charge on any atom is -0.447 e. The summed E-state index contributed by atoms with van der Waals surface area (Å²) in [6.45, 7) is 3.82. The first kappa shape index (κ1) is 20.9. The van der Waals surface area contributed by atoms with Gasteiger partial charge < -0.3 is 14.7 Å². The van der Waals surface area contributed by atoms with Crippen molar-refractivity contribution in [2.45, 2.75) is 38.3 Å². The van der Waals surface area contributed by atoms with Crippen molar-refractivity contribution in [3.63, 3.8) is 0 Å². The van der Waals surface area contributed by atoms with Gasteiger partial charge in [-0.3, -0.25) is 4.90 Å². The van der Waals surface area contributed by atoms with Crippen molar-refractivity contribution in [1.82, 2.24) is 9.80 Å². The Morgan fingerprint density at radius 1 is 1.00 bits per heavy atom. The van der Waals surface area contributed by atoms with Crippen molar-refractivity contribution in [3.05, 3.63) is 71.3 Å². The molecule has 0 aromatic heterocycles. The molecule has 1 atom stereocenters. The number of benzene rings is 2. The summed E-state index contributed by atoms with van der Waals surface area (Å²) in [4.78, 5) is 16.4. The smallest absolute Gasteiger partial charge is 0.409 e. The van der Waals surface area contributed by atoms with Crippen molar-refractivity contribution in [1.29, 1.82) is 0 Å². The summed E-state index contributed by atoms with van der Waals surface area (Å²) in [6.07, 6.45) is 3.12. The Bertz CT molecular complexity index is 818. The van der Waals surface area contributed by atoms with Crippen LogP contribution in [0.3, 0.4) is 0 Å². The van der Waals surface area contributed by atoms with Gasteiger partial charge in [0.2, 0.25) is 0 Å². The van der Waals surface area contributed by atoms with E-state index in [0.717, 1.165) is 51.9 Å². The van der Waals surface area contributed by atoms with Gasteiger partial charge in [0.1, 0.15) is 12.7 Å². The third-order valence-electron chi connectivity index (χ3n) is 6.32. The van der Waals surface area contributed by atoms with E-state index in [-0.39, 0.29) is 12.7 Å². The Morgan fingerprint density at radius 3 is 2.47 bits per heavy atom. The molecule has 1 N–H and O–H groups in total. The third kappa shape index (κ3) is 5.61. The third-order valence-corrected chi connectivity index (χ3v) is 6.32. The first-order valence-electron chi connectivity index (χ1n) is 11.1. The highest BCUT2D eigenvalue weighted by Crippen LogP contribution is 2.22. The number of amides is 1. The van der Waals surface area contributed by atoms with Crippen LogP contribution in [0.15, 0.2) is 54.6 Å². The van der Waals surface area contributed by atoms with Crippen LogP contribution in [0.2, 0.25) is 0 Å². The molecule has 5 heteroatoms. The standard InChI is InChI=1S/C25H32N2O3/c28-24(18-26-13-12-22-8-4-5-9-23(22)17-26)19-30-25(29)27-14-10-21(11-15-27)16-20-6-2-1-3-7-20/h1-9,21,24,28H,10-19H2. The number of carbonyl (C=O) groups excluding carboxylic acids is 1. The second-order valence-electron chi connectivity index (χ2n) is 8.60. The highest BCUT2D eigenvalue weighted by molar-refractivity contribution is 5.67. The molecule has 30 heavy (non-hydrogen) atoms. The van der Waals surface area contributed by atoms with Crippen LogP contribution in [0.25, 0.3) is 0 Å². The number of likely N-dealkylation sites (tertiary alicyclic amines) is 1. The summed E-state index contributed by atoms with van der Waals surface area (Å²) in [5.41, 5.74) is 4.08. The van der Waals surface area contributed by atoms with Crippen LogP contribution < -0.4 is 0 Å². The molecule has 5 nitrogen and oxygen atoms in total. The van der Waals surface area contributed by atoms with E-state index in [0.29, 0.717) is 12.5 Å². The summed E-state index contributed by atoms with van der Waals surface area (Å²) in [5, 5.41) is 10.4. The molecule has 0 radical (unpaired) electrons. The first-order valence-corrected chi connectivity index (χ1v) is 11.1. The lowest BCUT2D eigenvalue weighted by atomic mass is 9.90. The highest BCUT2D eigenvalue weighted by Gasteiger charge is 2.25. The van der Waals surface area contributed by atoms with Crippen LogP contribution in [0.4, 0.5) is 4.79 Å². The van der Waals surface area contributed by atoms with E-state index in [4.69, 9.17) is 4.74 Å². The molecule has 160 valence electrons. The summed E-state index contributed by atoms with van der Waals surface area (Å²) >= 11 is 0. The Kier molecular flexibility index (Phi) is 7.03. The number of aliphatic hydroxyl groups is 1. The van der Waals surface area contributed by atoms with Crippen LogP contribution in [-0.2, 0) is 24.1 Å². The molecule has 2 heterocycles. The number of aliphatic hydroxyl groups excluding tert-OH is 1. The number of hydrogen-bond donors (Lipinski definition) is 1. The van der Waals surface area contributed by atoms with Crippen LogP contribution >= 0.6 is 0 Å². The maximum Gasteiger partial charge on any atom is 0.409 e. The molecule has 2 aliphatic heterocycles. The zero-order chi connectivity index (χ0) is 20.8. The molecule has 2 aromatic carbocycles. The zero-order valence-corrected chi connectivity index (χ0v) is 17.6. The fraction of sp³-hybridized carbons (Fsp3) is 0.480. The van der Waals surface area contributed by atoms with E-state index in [9.17, 15) is 9.90 Å². The summed E-state index contributed by atoms with van der Waals surface area (Å²) in [7, 11) is 0. The molecular weight excluding hydrogens is 376 g/mol. The summed E-state index contributed by atoms with van der Waals surface area (Å²) in [6, 6.07) is 19.0. The van der Waals surface area contributed by atoms with Gasteiger partial charge in [-0.05, 0) is 48.3 Å². The molecule has 0 aliphatic carbocycles. The monoisotopic (exact) mass is 408 g/mol. The van der Waals surface area contributed by atoms with Gasteiger partial charge in [-0.1, -0.05) is 54.6 Å². The summed E-state index contributed by atoms with van der Waals surface area (Å²) in [5.74, 6) is 0.615. The maximum atomic E-state index is 12.4. The van der Waals surface area contributed by atoms with Gasteiger partial charge in [-0.15, -0.1) is 0 Å². The van der Waals surface area contributed by atoms with Crippen LogP contribution in [-0.4, -0.2) is 59.9 Å². The average Bonchev–Trinajstić information content (AvgIpc) is 2.78. The fourth-order valence-corrected chi connectivity index (χ4v) is 4.59. The predicted octanol–water partition coefficient (Wildman–Crippen LogP) is 3.50. The van der Waals surface area contributed by atoms with Crippen LogP contribution in [0.1, 0.15) is 29.5 Å². The van der Waals surface area contributed by atoms with Crippen molar-refractivity contribution in [3.8, 4) is 0 Å².